The predicted molar refractivity (Wildman–Crippen MR) is 72.9 cm³/mol. The fourth-order valence-electron chi connectivity index (χ4n) is 1.71. The van der Waals surface area contributed by atoms with E-state index < -0.39 is 5.97 Å². The number of nitrogen functional groups attached to an aromatic ring is 1. The molecule has 0 bridgehead atoms. The van der Waals surface area contributed by atoms with Crippen molar-refractivity contribution in [3.8, 4) is 0 Å². The van der Waals surface area contributed by atoms with E-state index in [4.69, 9.17) is 5.73 Å². The highest BCUT2D eigenvalue weighted by molar-refractivity contribution is 5.91. The van der Waals surface area contributed by atoms with E-state index in [9.17, 15) is 4.79 Å². The molecule has 0 aliphatic rings. The number of carbonyl (C=O) groups is 1. The molecule has 0 saturated carbocycles. The molecule has 0 aliphatic carbocycles. The van der Waals surface area contributed by atoms with Crippen molar-refractivity contribution in [2.75, 3.05) is 24.7 Å². The zero-order valence-electron chi connectivity index (χ0n) is 10.7. The molecule has 0 atom stereocenters. The molecule has 1 heterocycles. The lowest BCUT2D eigenvalue weighted by Crippen LogP contribution is -2.11. The first-order valence-corrected chi connectivity index (χ1v) is 5.88. The minimum absolute atomic E-state index is 0.392. The molecule has 100 valence electrons. The Hall–Kier alpha value is -2.50. The smallest absolute Gasteiger partial charge is 0.337 e. The van der Waals surface area contributed by atoms with E-state index in [1.165, 1.54) is 7.11 Å². The predicted octanol–water partition coefficient (Wildman–Crippen LogP) is 1.36. The Kier molecular flexibility index (Phi) is 4.02. The van der Waals surface area contributed by atoms with Crippen LogP contribution in [0.1, 0.15) is 10.4 Å². The van der Waals surface area contributed by atoms with Gasteiger partial charge in [0, 0.05) is 25.5 Å². The van der Waals surface area contributed by atoms with Crippen LogP contribution in [0.4, 0.5) is 11.4 Å². The molecule has 0 radical (unpaired) electrons. The molecular formula is C13H16N4O2. The SMILES string of the molecule is COC(=O)c1ccc(NCCn2ccnc2)c(N)c1. The van der Waals surface area contributed by atoms with Crippen molar-refractivity contribution in [1.29, 1.82) is 0 Å². The number of hydrogen-bond donors (Lipinski definition) is 2. The third-order valence-corrected chi connectivity index (χ3v) is 2.72. The molecular weight excluding hydrogens is 244 g/mol. The minimum Gasteiger partial charge on any atom is -0.465 e. The van der Waals surface area contributed by atoms with Crippen molar-refractivity contribution in [2.24, 2.45) is 0 Å². The van der Waals surface area contributed by atoms with Crippen molar-refractivity contribution in [2.45, 2.75) is 6.54 Å². The zero-order chi connectivity index (χ0) is 13.7. The maximum Gasteiger partial charge on any atom is 0.337 e. The molecule has 6 nitrogen and oxygen atoms in total. The molecule has 1 aromatic heterocycles. The first-order valence-electron chi connectivity index (χ1n) is 5.88. The molecule has 0 amide bonds. The maximum absolute atomic E-state index is 11.3. The Balaban J connectivity index is 1.95. The van der Waals surface area contributed by atoms with Crippen LogP contribution in [-0.2, 0) is 11.3 Å². The lowest BCUT2D eigenvalue weighted by Gasteiger charge is -2.10. The largest absolute Gasteiger partial charge is 0.465 e. The molecule has 0 aliphatic heterocycles. The molecule has 0 saturated heterocycles. The third-order valence-electron chi connectivity index (χ3n) is 2.72. The number of carbonyl (C=O) groups excluding carboxylic acids is 1. The number of esters is 1. The van der Waals surface area contributed by atoms with Gasteiger partial charge in [-0.1, -0.05) is 0 Å². The molecule has 19 heavy (non-hydrogen) atoms. The normalized spacial score (nSPS) is 10.2. The summed E-state index contributed by atoms with van der Waals surface area (Å²) in [5, 5.41) is 3.21. The number of nitrogens with one attached hydrogen (secondary N) is 1. The number of benzene rings is 1. The number of nitrogens with zero attached hydrogens (tertiary/aromatic N) is 2. The Morgan fingerprint density at radius 1 is 1.53 bits per heavy atom. The van der Waals surface area contributed by atoms with Gasteiger partial charge in [0.15, 0.2) is 0 Å². The zero-order valence-corrected chi connectivity index (χ0v) is 10.7. The highest BCUT2D eigenvalue weighted by Gasteiger charge is 2.07. The Labute approximate surface area is 111 Å². The van der Waals surface area contributed by atoms with Gasteiger partial charge < -0.3 is 20.4 Å². The average molecular weight is 260 g/mol. The first-order chi connectivity index (χ1) is 9.20. The van der Waals surface area contributed by atoms with Crippen LogP contribution in [0.5, 0.6) is 0 Å². The number of aromatic nitrogens is 2. The Morgan fingerprint density at radius 2 is 2.37 bits per heavy atom. The van der Waals surface area contributed by atoms with E-state index in [0.717, 1.165) is 18.8 Å². The van der Waals surface area contributed by atoms with E-state index in [-0.39, 0.29) is 0 Å². The van der Waals surface area contributed by atoms with Crippen LogP contribution in [0.15, 0.2) is 36.9 Å². The molecule has 0 unspecified atom stereocenters. The van der Waals surface area contributed by atoms with Crippen LogP contribution in [0, 0.1) is 0 Å². The quantitative estimate of drug-likeness (QED) is 0.626. The van der Waals surface area contributed by atoms with E-state index in [1.807, 2.05) is 10.8 Å². The van der Waals surface area contributed by atoms with Crippen LogP contribution in [0.2, 0.25) is 0 Å². The second kappa shape index (κ2) is 5.90. The average Bonchev–Trinajstić information content (AvgIpc) is 2.93. The van der Waals surface area contributed by atoms with Crippen LogP contribution < -0.4 is 11.1 Å². The van der Waals surface area contributed by atoms with E-state index >= 15 is 0 Å². The molecule has 3 N–H and O–H groups in total. The summed E-state index contributed by atoms with van der Waals surface area (Å²) in [5.74, 6) is -0.392. The Morgan fingerprint density at radius 3 is 3.00 bits per heavy atom. The highest BCUT2D eigenvalue weighted by atomic mass is 16.5. The van der Waals surface area contributed by atoms with Crippen LogP contribution >= 0.6 is 0 Å². The molecule has 1 aromatic carbocycles. The van der Waals surface area contributed by atoms with Gasteiger partial charge in [0.05, 0.1) is 30.4 Å². The van der Waals surface area contributed by atoms with Gasteiger partial charge >= 0.3 is 5.97 Å². The van der Waals surface area contributed by atoms with Gasteiger partial charge in [-0.2, -0.15) is 0 Å². The summed E-state index contributed by atoms with van der Waals surface area (Å²) in [7, 11) is 1.34. The van der Waals surface area contributed by atoms with Crippen molar-refractivity contribution in [3.05, 3.63) is 42.5 Å². The fraction of sp³-hybridized carbons (Fsp3) is 0.231. The summed E-state index contributed by atoms with van der Waals surface area (Å²) in [5.41, 5.74) is 7.65. The molecule has 2 rings (SSSR count). The molecule has 0 spiro atoms. The van der Waals surface area contributed by atoms with E-state index in [0.29, 0.717) is 11.3 Å². The minimum atomic E-state index is -0.392. The van der Waals surface area contributed by atoms with Gasteiger partial charge in [-0.15, -0.1) is 0 Å². The molecule has 6 heteroatoms. The summed E-state index contributed by atoms with van der Waals surface area (Å²) in [4.78, 5) is 15.3. The summed E-state index contributed by atoms with van der Waals surface area (Å²) < 4.78 is 6.60. The topological polar surface area (TPSA) is 82.2 Å². The van der Waals surface area contributed by atoms with Gasteiger partial charge in [-0.25, -0.2) is 9.78 Å². The van der Waals surface area contributed by atoms with Gasteiger partial charge in [-0.3, -0.25) is 0 Å². The van der Waals surface area contributed by atoms with Crippen molar-refractivity contribution in [3.63, 3.8) is 0 Å². The Bertz CT molecular complexity index is 552. The first kappa shape index (κ1) is 12.9. The fourth-order valence-corrected chi connectivity index (χ4v) is 1.71. The second-order valence-corrected chi connectivity index (χ2v) is 4.02. The van der Waals surface area contributed by atoms with Crippen molar-refractivity contribution >= 4 is 17.3 Å². The summed E-state index contributed by atoms with van der Waals surface area (Å²) >= 11 is 0. The summed E-state index contributed by atoms with van der Waals surface area (Å²) in [6.45, 7) is 1.51. The monoisotopic (exact) mass is 260 g/mol. The van der Waals surface area contributed by atoms with Crippen molar-refractivity contribution < 1.29 is 9.53 Å². The van der Waals surface area contributed by atoms with Gasteiger partial charge in [0.1, 0.15) is 0 Å². The number of rotatable bonds is 5. The maximum atomic E-state index is 11.3. The summed E-state index contributed by atoms with van der Waals surface area (Å²) in [6, 6.07) is 5.06. The second-order valence-electron chi connectivity index (χ2n) is 4.02. The summed E-state index contributed by atoms with van der Waals surface area (Å²) in [6.07, 6.45) is 5.39. The molecule has 2 aromatic rings. The number of ether oxygens (including phenoxy) is 1. The highest BCUT2D eigenvalue weighted by Crippen LogP contribution is 2.20. The van der Waals surface area contributed by atoms with Gasteiger partial charge in [0.25, 0.3) is 0 Å². The lowest BCUT2D eigenvalue weighted by atomic mass is 10.1. The van der Waals surface area contributed by atoms with E-state index in [1.54, 1.807) is 30.7 Å². The van der Waals surface area contributed by atoms with Gasteiger partial charge in [-0.05, 0) is 18.2 Å². The number of hydrogen-bond acceptors (Lipinski definition) is 5. The van der Waals surface area contributed by atoms with Crippen LogP contribution in [-0.4, -0.2) is 29.2 Å². The van der Waals surface area contributed by atoms with E-state index in [2.05, 4.69) is 15.0 Å². The van der Waals surface area contributed by atoms with Crippen LogP contribution in [0.25, 0.3) is 0 Å². The van der Waals surface area contributed by atoms with Gasteiger partial charge in [0.2, 0.25) is 0 Å². The lowest BCUT2D eigenvalue weighted by molar-refractivity contribution is 0.0601. The molecule has 0 fully saturated rings. The number of nitrogens with two attached hydrogens (primary N) is 1. The van der Waals surface area contributed by atoms with Crippen molar-refractivity contribution in [1.82, 2.24) is 9.55 Å². The number of anilines is 2. The standard InChI is InChI=1S/C13H16N4O2/c1-19-13(18)10-2-3-12(11(14)8-10)16-5-7-17-6-4-15-9-17/h2-4,6,8-9,16H,5,7,14H2,1H3. The third kappa shape index (κ3) is 3.25. The number of methoxy groups -OCH3 is 1. The van der Waals surface area contributed by atoms with Crippen LogP contribution in [0.3, 0.4) is 0 Å². The number of imidazole rings is 1.